The van der Waals surface area contributed by atoms with E-state index in [2.05, 4.69) is 15.0 Å². The molecule has 1 saturated carbocycles. The molecule has 0 unspecified atom stereocenters. The van der Waals surface area contributed by atoms with E-state index in [0.29, 0.717) is 31.6 Å². The van der Waals surface area contributed by atoms with E-state index in [9.17, 15) is 18.0 Å². The highest BCUT2D eigenvalue weighted by Crippen LogP contribution is 2.58. The first-order valence-electron chi connectivity index (χ1n) is 10.8. The minimum absolute atomic E-state index is 0.0692. The van der Waals surface area contributed by atoms with E-state index >= 15 is 0 Å². The molecule has 0 aromatic carbocycles. The number of likely N-dealkylation sites (tertiary alicyclic amines) is 1. The van der Waals surface area contributed by atoms with Gasteiger partial charge in [-0.05, 0) is 56.3 Å². The van der Waals surface area contributed by atoms with E-state index in [4.69, 9.17) is 0 Å². The fraction of sp³-hybridized carbons (Fsp3) is 0.478. The largest absolute Gasteiger partial charge is 0.395 e. The van der Waals surface area contributed by atoms with E-state index in [1.807, 2.05) is 17.0 Å². The number of fused-ring (bicyclic) bond motifs is 1. The maximum Gasteiger partial charge on any atom is 0.395 e. The molecule has 0 amide bonds. The molecular weight excluding hydrogens is 437 g/mol. The molecule has 168 valence electrons. The van der Waals surface area contributed by atoms with Gasteiger partial charge >= 0.3 is 6.18 Å². The predicted molar refractivity (Wildman–Crippen MR) is 116 cm³/mol. The van der Waals surface area contributed by atoms with Gasteiger partial charge in [-0.15, -0.1) is 11.3 Å². The Kier molecular flexibility index (Phi) is 5.49. The Balaban J connectivity index is 1.21. The summed E-state index contributed by atoms with van der Waals surface area (Å²) < 4.78 is 39.7. The molecule has 32 heavy (non-hydrogen) atoms. The van der Waals surface area contributed by atoms with E-state index in [0.717, 1.165) is 21.3 Å². The van der Waals surface area contributed by atoms with Gasteiger partial charge < -0.3 is 4.90 Å². The van der Waals surface area contributed by atoms with E-state index < -0.39 is 11.6 Å². The van der Waals surface area contributed by atoms with Crippen LogP contribution in [0, 0.1) is 11.3 Å². The minimum Gasteiger partial charge on any atom is -0.302 e. The van der Waals surface area contributed by atoms with Gasteiger partial charge in [0.2, 0.25) is 0 Å². The molecule has 9 heteroatoms. The van der Waals surface area contributed by atoms with Crippen LogP contribution in [0.25, 0.3) is 21.3 Å². The lowest BCUT2D eigenvalue weighted by atomic mass is 9.89. The molecule has 0 spiro atoms. The third kappa shape index (κ3) is 4.28. The van der Waals surface area contributed by atoms with Crippen LogP contribution in [-0.2, 0) is 11.2 Å². The number of Topliss-reactive ketones (excluding diaryl/α,β-unsaturated/α-hetero) is 1. The molecule has 0 atom stereocenters. The van der Waals surface area contributed by atoms with Crippen molar-refractivity contribution in [1.29, 1.82) is 0 Å². The van der Waals surface area contributed by atoms with Crippen molar-refractivity contribution < 1.29 is 18.0 Å². The highest BCUT2D eigenvalue weighted by molar-refractivity contribution is 7.13. The highest BCUT2D eigenvalue weighted by Gasteiger charge is 2.63. The number of ketones is 1. The lowest BCUT2D eigenvalue weighted by Gasteiger charge is -2.34. The average molecular weight is 461 g/mol. The van der Waals surface area contributed by atoms with Gasteiger partial charge in [-0.1, -0.05) is 0 Å². The van der Waals surface area contributed by atoms with Crippen LogP contribution in [0.15, 0.2) is 36.2 Å². The van der Waals surface area contributed by atoms with E-state index in [-0.39, 0.29) is 37.5 Å². The first-order chi connectivity index (χ1) is 15.3. The van der Waals surface area contributed by atoms with Crippen LogP contribution in [0.3, 0.4) is 0 Å². The van der Waals surface area contributed by atoms with Gasteiger partial charge in [-0.25, -0.2) is 0 Å². The molecule has 3 aromatic rings. The Morgan fingerprint density at radius 1 is 1.09 bits per heavy atom. The molecule has 0 radical (unpaired) electrons. The normalized spacial score (nSPS) is 19.3. The molecule has 0 bridgehead atoms. The number of thiazole rings is 1. The Bertz CT molecular complexity index is 1120. The summed E-state index contributed by atoms with van der Waals surface area (Å²) in [5.74, 6) is 0.000161. The van der Waals surface area contributed by atoms with Crippen molar-refractivity contribution in [3.8, 4) is 10.6 Å². The molecule has 1 aliphatic carbocycles. The number of aromatic nitrogens is 3. The number of hydrogen-bond donors (Lipinski definition) is 0. The van der Waals surface area contributed by atoms with Crippen molar-refractivity contribution in [1.82, 2.24) is 19.9 Å². The standard InChI is InChI=1S/C23H23F3N4OS/c24-23(25,26)22(3-4-22)13-30-5-1-15(2-6-30)20(31)9-18-7-16-8-19(21-12-27-14-32-21)29-11-17(16)10-28-18/h7-8,10-12,14-15H,1-6,9,13H2. The molecule has 5 nitrogen and oxygen atoms in total. The molecule has 2 fully saturated rings. The molecule has 2 aliphatic rings. The van der Waals surface area contributed by atoms with Crippen molar-refractivity contribution in [2.75, 3.05) is 19.6 Å². The lowest BCUT2D eigenvalue weighted by molar-refractivity contribution is -0.192. The van der Waals surface area contributed by atoms with Gasteiger partial charge in [-0.3, -0.25) is 19.7 Å². The summed E-state index contributed by atoms with van der Waals surface area (Å²) in [4.78, 5) is 28.7. The second-order valence-corrected chi connectivity index (χ2v) is 9.82. The number of rotatable bonds is 6. The molecule has 0 N–H and O–H groups in total. The summed E-state index contributed by atoms with van der Waals surface area (Å²) in [5.41, 5.74) is 1.80. The first-order valence-corrected chi connectivity index (χ1v) is 11.7. The first kappa shape index (κ1) is 21.5. The zero-order chi connectivity index (χ0) is 22.3. The zero-order valence-electron chi connectivity index (χ0n) is 17.4. The molecule has 3 aromatic heterocycles. The third-order valence-electron chi connectivity index (χ3n) is 6.72. The van der Waals surface area contributed by atoms with Gasteiger partial charge in [0.1, 0.15) is 5.78 Å². The van der Waals surface area contributed by atoms with Crippen LogP contribution in [0.4, 0.5) is 13.2 Å². The van der Waals surface area contributed by atoms with E-state index in [1.165, 1.54) is 11.3 Å². The summed E-state index contributed by atoms with van der Waals surface area (Å²) in [7, 11) is 0. The van der Waals surface area contributed by atoms with E-state index in [1.54, 1.807) is 24.1 Å². The van der Waals surface area contributed by atoms with Crippen LogP contribution in [-0.4, -0.2) is 51.4 Å². The lowest BCUT2D eigenvalue weighted by Crippen LogP contribution is -2.43. The summed E-state index contributed by atoms with van der Waals surface area (Å²) in [6.45, 7) is 1.16. The second kappa shape index (κ2) is 8.19. The Hall–Kier alpha value is -2.39. The van der Waals surface area contributed by atoms with Crippen LogP contribution >= 0.6 is 11.3 Å². The summed E-state index contributed by atoms with van der Waals surface area (Å²) in [5, 5.41) is 1.87. The number of carbonyl (C=O) groups is 1. The molecule has 1 saturated heterocycles. The average Bonchev–Trinajstić information content (AvgIpc) is 3.36. The van der Waals surface area contributed by atoms with Gasteiger partial charge in [-0.2, -0.15) is 13.2 Å². The quantitative estimate of drug-likeness (QED) is 0.523. The van der Waals surface area contributed by atoms with Gasteiger partial charge in [0.25, 0.3) is 0 Å². The highest BCUT2D eigenvalue weighted by atomic mass is 32.1. The fourth-order valence-corrected chi connectivity index (χ4v) is 5.09. The Morgan fingerprint density at radius 3 is 2.50 bits per heavy atom. The van der Waals surface area contributed by atoms with Gasteiger partial charge in [0, 0.05) is 48.6 Å². The molecular formula is C23H23F3N4OS. The van der Waals surface area contributed by atoms with Crippen molar-refractivity contribution >= 4 is 27.9 Å². The maximum absolute atomic E-state index is 13.2. The Morgan fingerprint density at radius 2 is 1.84 bits per heavy atom. The second-order valence-electron chi connectivity index (χ2n) is 8.93. The number of halogens is 3. The number of carbonyl (C=O) groups excluding carboxylic acids is 1. The van der Waals surface area contributed by atoms with Crippen LogP contribution < -0.4 is 0 Å². The number of piperidine rings is 1. The minimum atomic E-state index is -4.13. The van der Waals surface area contributed by atoms with Gasteiger partial charge in [0.15, 0.2) is 0 Å². The molecule has 4 heterocycles. The van der Waals surface area contributed by atoms with Crippen LogP contribution in [0.5, 0.6) is 0 Å². The smallest absolute Gasteiger partial charge is 0.302 e. The fourth-order valence-electron chi connectivity index (χ4n) is 4.50. The predicted octanol–water partition coefficient (Wildman–Crippen LogP) is 4.92. The number of nitrogens with zero attached hydrogens (tertiary/aromatic N) is 4. The van der Waals surface area contributed by atoms with Gasteiger partial charge in [0.05, 0.1) is 21.5 Å². The summed E-state index contributed by atoms with van der Waals surface area (Å²) >= 11 is 1.52. The Labute approximate surface area is 187 Å². The SMILES string of the molecule is O=C(Cc1cc2cc(-c3cncs3)ncc2cn1)C1CCN(CC2(C(F)(F)F)CC2)CC1. The maximum atomic E-state index is 13.2. The van der Waals surface area contributed by atoms with Crippen LogP contribution in [0.1, 0.15) is 31.4 Å². The van der Waals surface area contributed by atoms with Crippen molar-refractivity contribution in [3.63, 3.8) is 0 Å². The third-order valence-corrected chi connectivity index (χ3v) is 7.52. The van der Waals surface area contributed by atoms with Crippen molar-refractivity contribution in [2.45, 2.75) is 38.3 Å². The summed E-state index contributed by atoms with van der Waals surface area (Å²) in [6, 6.07) is 3.90. The number of pyridine rings is 2. The molecule has 5 rings (SSSR count). The van der Waals surface area contributed by atoms with Crippen molar-refractivity contribution in [3.05, 3.63) is 41.9 Å². The van der Waals surface area contributed by atoms with Crippen molar-refractivity contribution in [2.24, 2.45) is 11.3 Å². The summed E-state index contributed by atoms with van der Waals surface area (Å²) in [6.07, 6.45) is 3.06. The monoisotopic (exact) mass is 460 g/mol. The topological polar surface area (TPSA) is 59.0 Å². The number of alkyl halides is 3. The molecule has 1 aliphatic heterocycles. The zero-order valence-corrected chi connectivity index (χ0v) is 18.3. The van der Waals surface area contributed by atoms with Crippen LogP contribution in [0.2, 0.25) is 0 Å². The number of hydrogen-bond acceptors (Lipinski definition) is 6.